The minimum absolute atomic E-state index is 0.0502. The molecular weight excluding hydrogens is 240 g/mol. The molecule has 1 fully saturated rings. The first kappa shape index (κ1) is 13.9. The first-order chi connectivity index (χ1) is 9.16. The van der Waals surface area contributed by atoms with Crippen molar-refractivity contribution < 1.29 is 9.53 Å². The van der Waals surface area contributed by atoms with Crippen molar-refractivity contribution in [3.05, 3.63) is 35.9 Å². The van der Waals surface area contributed by atoms with Crippen LogP contribution >= 0.6 is 0 Å². The third-order valence-electron chi connectivity index (χ3n) is 3.29. The van der Waals surface area contributed by atoms with Gasteiger partial charge >= 0.3 is 6.03 Å². The fourth-order valence-corrected chi connectivity index (χ4v) is 2.18. The second kappa shape index (κ2) is 6.57. The molecule has 0 saturated carbocycles. The molecule has 1 aliphatic heterocycles. The van der Waals surface area contributed by atoms with Gasteiger partial charge in [-0.2, -0.15) is 0 Å². The summed E-state index contributed by atoms with van der Waals surface area (Å²) in [6, 6.07) is 10.1. The van der Waals surface area contributed by atoms with E-state index in [2.05, 4.69) is 5.32 Å². The van der Waals surface area contributed by atoms with E-state index in [4.69, 9.17) is 4.74 Å². The number of carbonyl (C=O) groups excluding carboxylic acids is 1. The normalized spacial score (nSPS) is 18.6. The van der Waals surface area contributed by atoms with Gasteiger partial charge in [-0.15, -0.1) is 0 Å². The molecule has 0 aromatic heterocycles. The van der Waals surface area contributed by atoms with Crippen LogP contribution < -0.4 is 5.32 Å². The lowest BCUT2D eigenvalue weighted by Crippen LogP contribution is -2.47. The molecule has 1 saturated heterocycles. The molecule has 1 N–H and O–H groups in total. The van der Waals surface area contributed by atoms with E-state index in [1.165, 1.54) is 0 Å². The summed E-state index contributed by atoms with van der Waals surface area (Å²) in [5.41, 5.74) is 1.14. The molecule has 0 radical (unpaired) electrons. The minimum atomic E-state index is -0.121. The number of hydrogen-bond acceptors (Lipinski definition) is 2. The van der Waals surface area contributed by atoms with E-state index in [1.807, 2.05) is 49.1 Å². The van der Waals surface area contributed by atoms with Crippen molar-refractivity contribution in [3.8, 4) is 0 Å². The molecule has 0 spiro atoms. The second-order valence-electron chi connectivity index (χ2n) is 5.16. The summed E-state index contributed by atoms with van der Waals surface area (Å²) in [6.45, 7) is 5.42. The molecule has 104 valence electrons. The highest BCUT2D eigenvalue weighted by atomic mass is 16.5. The summed E-state index contributed by atoms with van der Waals surface area (Å²) in [6.07, 6.45) is 1.80. The van der Waals surface area contributed by atoms with Crippen molar-refractivity contribution >= 4 is 6.03 Å². The highest BCUT2D eigenvalue weighted by Gasteiger charge is 2.23. The second-order valence-corrected chi connectivity index (χ2v) is 5.16. The number of carbonyl (C=O) groups is 1. The SMILES string of the molecule is CC(C)N(Cc1ccccc1)C(=O)NC1CCCO1. The van der Waals surface area contributed by atoms with Gasteiger partial charge in [-0.1, -0.05) is 30.3 Å². The zero-order valence-electron chi connectivity index (χ0n) is 11.6. The number of ether oxygens (including phenoxy) is 1. The van der Waals surface area contributed by atoms with Crippen LogP contribution in [0, 0.1) is 0 Å². The fourth-order valence-electron chi connectivity index (χ4n) is 2.18. The smallest absolute Gasteiger partial charge is 0.319 e. The van der Waals surface area contributed by atoms with Gasteiger partial charge in [-0.25, -0.2) is 4.79 Å². The highest BCUT2D eigenvalue weighted by molar-refractivity contribution is 5.74. The number of hydrogen-bond donors (Lipinski definition) is 1. The summed E-state index contributed by atoms with van der Waals surface area (Å²) >= 11 is 0. The summed E-state index contributed by atoms with van der Waals surface area (Å²) in [5.74, 6) is 0. The summed E-state index contributed by atoms with van der Waals surface area (Å²) < 4.78 is 5.45. The van der Waals surface area contributed by atoms with Crippen molar-refractivity contribution in [3.63, 3.8) is 0 Å². The summed E-state index contributed by atoms with van der Waals surface area (Å²) in [4.78, 5) is 14.1. The topological polar surface area (TPSA) is 41.6 Å². The van der Waals surface area contributed by atoms with Crippen LogP contribution in [0.4, 0.5) is 4.79 Å². The molecule has 1 unspecified atom stereocenters. The first-order valence-corrected chi connectivity index (χ1v) is 6.89. The molecule has 1 aromatic rings. The Bertz CT molecular complexity index is 400. The maximum atomic E-state index is 12.3. The fraction of sp³-hybridized carbons (Fsp3) is 0.533. The Balaban J connectivity index is 1.96. The first-order valence-electron chi connectivity index (χ1n) is 6.89. The maximum absolute atomic E-state index is 12.3. The van der Waals surface area contributed by atoms with Gasteiger partial charge in [0.05, 0.1) is 0 Å². The molecule has 1 aromatic carbocycles. The van der Waals surface area contributed by atoms with E-state index >= 15 is 0 Å². The molecule has 4 nitrogen and oxygen atoms in total. The average molecular weight is 262 g/mol. The van der Waals surface area contributed by atoms with Crippen molar-refractivity contribution in [2.75, 3.05) is 6.61 Å². The number of benzene rings is 1. The number of rotatable bonds is 4. The zero-order chi connectivity index (χ0) is 13.7. The van der Waals surface area contributed by atoms with Crippen LogP contribution in [-0.2, 0) is 11.3 Å². The van der Waals surface area contributed by atoms with E-state index in [0.717, 1.165) is 25.0 Å². The third-order valence-corrected chi connectivity index (χ3v) is 3.29. The monoisotopic (exact) mass is 262 g/mol. The van der Waals surface area contributed by atoms with Crippen LogP contribution in [-0.4, -0.2) is 29.8 Å². The van der Waals surface area contributed by atoms with E-state index in [9.17, 15) is 4.79 Å². The highest BCUT2D eigenvalue weighted by Crippen LogP contribution is 2.12. The van der Waals surface area contributed by atoms with Crippen molar-refractivity contribution in [1.82, 2.24) is 10.2 Å². The predicted molar refractivity (Wildman–Crippen MR) is 74.6 cm³/mol. The van der Waals surface area contributed by atoms with Gasteiger partial charge in [-0.3, -0.25) is 0 Å². The Morgan fingerprint density at radius 1 is 1.42 bits per heavy atom. The standard InChI is InChI=1S/C15H22N2O2/c1-12(2)17(11-13-7-4-3-5-8-13)15(18)16-14-9-6-10-19-14/h3-5,7-8,12,14H,6,9-11H2,1-2H3,(H,16,18). The third kappa shape index (κ3) is 3.96. The lowest BCUT2D eigenvalue weighted by Gasteiger charge is -2.28. The van der Waals surface area contributed by atoms with Crippen LogP contribution in [0.15, 0.2) is 30.3 Å². The molecule has 19 heavy (non-hydrogen) atoms. The summed E-state index contributed by atoms with van der Waals surface area (Å²) in [7, 11) is 0. The van der Waals surface area contributed by atoms with Crippen molar-refractivity contribution in [1.29, 1.82) is 0 Å². The number of nitrogens with zero attached hydrogens (tertiary/aromatic N) is 1. The Kier molecular flexibility index (Phi) is 4.80. The van der Waals surface area contributed by atoms with E-state index in [0.29, 0.717) is 6.54 Å². The van der Waals surface area contributed by atoms with Gasteiger partial charge in [0.15, 0.2) is 0 Å². The van der Waals surface area contributed by atoms with E-state index < -0.39 is 0 Å². The van der Waals surface area contributed by atoms with Gasteiger partial charge in [-0.05, 0) is 32.3 Å². The number of urea groups is 1. The van der Waals surface area contributed by atoms with Gasteiger partial charge in [0.2, 0.25) is 0 Å². The minimum Gasteiger partial charge on any atom is -0.358 e. The van der Waals surface area contributed by atoms with Crippen LogP contribution in [0.25, 0.3) is 0 Å². The molecule has 2 rings (SSSR count). The lowest BCUT2D eigenvalue weighted by atomic mass is 10.2. The van der Waals surface area contributed by atoms with Crippen molar-refractivity contribution in [2.45, 2.75) is 45.5 Å². The number of nitrogens with one attached hydrogen (secondary N) is 1. The Morgan fingerprint density at radius 2 is 2.16 bits per heavy atom. The maximum Gasteiger partial charge on any atom is 0.319 e. The van der Waals surface area contributed by atoms with Gasteiger partial charge in [0.25, 0.3) is 0 Å². The van der Waals surface area contributed by atoms with Crippen LogP contribution in [0.3, 0.4) is 0 Å². The number of amides is 2. The Hall–Kier alpha value is -1.55. The molecular formula is C15H22N2O2. The van der Waals surface area contributed by atoms with Gasteiger partial charge in [0.1, 0.15) is 6.23 Å². The van der Waals surface area contributed by atoms with Gasteiger partial charge < -0.3 is 15.0 Å². The zero-order valence-corrected chi connectivity index (χ0v) is 11.6. The van der Waals surface area contributed by atoms with Crippen molar-refractivity contribution in [2.24, 2.45) is 0 Å². The molecule has 0 bridgehead atoms. The van der Waals surface area contributed by atoms with Crippen LogP contribution in [0.1, 0.15) is 32.3 Å². The van der Waals surface area contributed by atoms with Gasteiger partial charge in [0, 0.05) is 19.2 Å². The van der Waals surface area contributed by atoms with E-state index in [-0.39, 0.29) is 18.3 Å². The van der Waals surface area contributed by atoms with Crippen LogP contribution in [0.5, 0.6) is 0 Å². The molecule has 1 atom stereocenters. The summed E-state index contributed by atoms with van der Waals surface area (Å²) in [5, 5.41) is 2.95. The largest absolute Gasteiger partial charge is 0.358 e. The Labute approximate surface area is 114 Å². The molecule has 1 heterocycles. The lowest BCUT2D eigenvalue weighted by molar-refractivity contribution is 0.0805. The molecule has 0 aliphatic carbocycles. The molecule has 4 heteroatoms. The van der Waals surface area contributed by atoms with E-state index in [1.54, 1.807) is 0 Å². The Morgan fingerprint density at radius 3 is 2.74 bits per heavy atom. The average Bonchev–Trinajstić information content (AvgIpc) is 2.89. The molecule has 1 aliphatic rings. The molecule has 2 amide bonds. The predicted octanol–water partition coefficient (Wildman–Crippen LogP) is 2.74. The van der Waals surface area contributed by atoms with Crippen LogP contribution in [0.2, 0.25) is 0 Å². The quantitative estimate of drug-likeness (QED) is 0.906.